The molecule has 3 fully saturated rings. The van der Waals surface area contributed by atoms with Crippen LogP contribution < -0.4 is 5.32 Å². The molecule has 2 amide bonds. The highest BCUT2D eigenvalue weighted by Crippen LogP contribution is 2.53. The van der Waals surface area contributed by atoms with Crippen LogP contribution in [0, 0.1) is 11.3 Å². The maximum absolute atomic E-state index is 12.5. The lowest BCUT2D eigenvalue weighted by molar-refractivity contribution is -0.198. The van der Waals surface area contributed by atoms with Gasteiger partial charge in [-0.1, -0.05) is 13.8 Å². The Hall–Kier alpha value is -0.810. The average molecular weight is 323 g/mol. The first kappa shape index (κ1) is 17.0. The highest BCUT2D eigenvalue weighted by molar-refractivity contribution is 5.74. The molecule has 3 aliphatic rings. The monoisotopic (exact) mass is 323 g/mol. The zero-order valence-electron chi connectivity index (χ0n) is 15.4. The number of rotatable bonds is 5. The predicted molar refractivity (Wildman–Crippen MR) is 91.5 cm³/mol. The topological polar surface area (TPSA) is 44.8 Å². The number of likely N-dealkylation sites (tertiary alicyclic amines) is 1. The van der Waals surface area contributed by atoms with Gasteiger partial charge in [0, 0.05) is 44.7 Å². The van der Waals surface area contributed by atoms with E-state index in [2.05, 4.69) is 31.0 Å². The maximum atomic E-state index is 12.5. The van der Waals surface area contributed by atoms with E-state index in [0.29, 0.717) is 5.92 Å². The second-order valence-electron chi connectivity index (χ2n) is 8.55. The molecule has 1 N–H and O–H groups in total. The van der Waals surface area contributed by atoms with Crippen LogP contribution in [-0.4, -0.2) is 67.3 Å². The number of hydrogen-bond acceptors (Lipinski definition) is 3. The summed E-state index contributed by atoms with van der Waals surface area (Å²) in [5.74, 6) is 0.617. The molecule has 0 aromatic carbocycles. The minimum absolute atomic E-state index is 0.0238. The molecule has 23 heavy (non-hydrogen) atoms. The number of nitrogens with one attached hydrogen (secondary N) is 1. The lowest BCUT2D eigenvalue weighted by Crippen LogP contribution is -2.69. The van der Waals surface area contributed by atoms with E-state index in [1.165, 1.54) is 25.8 Å². The van der Waals surface area contributed by atoms with E-state index in [4.69, 9.17) is 4.74 Å². The Labute approximate surface area is 140 Å². The Balaban J connectivity index is 1.45. The maximum Gasteiger partial charge on any atom is 0.317 e. The molecule has 0 aromatic heterocycles. The van der Waals surface area contributed by atoms with Gasteiger partial charge in [0.15, 0.2) is 0 Å². The molecular weight excluding hydrogens is 290 g/mol. The molecule has 1 aliphatic heterocycles. The molecule has 0 bridgehead atoms. The van der Waals surface area contributed by atoms with E-state index in [1.807, 2.05) is 11.9 Å². The third-order valence-corrected chi connectivity index (χ3v) is 6.94. The molecule has 0 spiro atoms. The largest absolute Gasteiger partial charge is 0.378 e. The number of carbonyl (C=O) groups excluding carboxylic acids is 1. The van der Waals surface area contributed by atoms with Crippen LogP contribution >= 0.6 is 0 Å². The SMILES string of the molecule is CO[C@]1(C)C[C@H](N(C)C(=O)NC[C@H]2CCN(C3CC3)C2)C1(C)C. The van der Waals surface area contributed by atoms with Crippen molar-refractivity contribution in [3.63, 3.8) is 0 Å². The van der Waals surface area contributed by atoms with Gasteiger partial charge in [-0.2, -0.15) is 0 Å². The number of urea groups is 1. The van der Waals surface area contributed by atoms with Crippen LogP contribution in [0.4, 0.5) is 4.79 Å². The quantitative estimate of drug-likeness (QED) is 0.844. The Bertz CT molecular complexity index is 463. The fourth-order valence-corrected chi connectivity index (χ4v) is 4.37. The molecular formula is C18H33N3O2. The minimum atomic E-state index is -0.136. The van der Waals surface area contributed by atoms with Crippen LogP contribution in [0.15, 0.2) is 0 Å². The smallest absolute Gasteiger partial charge is 0.317 e. The standard InChI is InChI=1S/C18H33N3O2/c1-17(2)15(10-18(17,3)23-5)20(4)16(22)19-11-13-8-9-21(12-13)14-6-7-14/h13-15H,6-12H2,1-5H3,(H,19,22)/t13-,15+,18-/m1/s1. The van der Waals surface area contributed by atoms with Gasteiger partial charge in [-0.15, -0.1) is 0 Å². The molecule has 0 radical (unpaired) electrons. The van der Waals surface area contributed by atoms with E-state index in [0.717, 1.165) is 25.6 Å². The summed E-state index contributed by atoms with van der Waals surface area (Å²) in [6.45, 7) is 9.70. The van der Waals surface area contributed by atoms with Crippen molar-refractivity contribution in [1.29, 1.82) is 0 Å². The Morgan fingerprint density at radius 3 is 2.57 bits per heavy atom. The summed E-state index contributed by atoms with van der Waals surface area (Å²) in [5.41, 5.74) is -0.160. The molecule has 3 atom stereocenters. The predicted octanol–water partition coefficient (Wildman–Crippen LogP) is 2.32. The van der Waals surface area contributed by atoms with Crippen molar-refractivity contribution >= 4 is 6.03 Å². The summed E-state index contributed by atoms with van der Waals surface area (Å²) in [5, 5.41) is 3.16. The van der Waals surface area contributed by atoms with Crippen LogP contribution in [0.1, 0.15) is 46.5 Å². The first-order chi connectivity index (χ1) is 10.8. The Morgan fingerprint density at radius 1 is 1.30 bits per heavy atom. The molecule has 1 saturated heterocycles. The Kier molecular flexibility index (Phi) is 4.38. The van der Waals surface area contributed by atoms with Gasteiger partial charge in [0.25, 0.3) is 0 Å². The number of methoxy groups -OCH3 is 1. The van der Waals surface area contributed by atoms with Gasteiger partial charge in [0.1, 0.15) is 0 Å². The van der Waals surface area contributed by atoms with Crippen LogP contribution in [0.25, 0.3) is 0 Å². The van der Waals surface area contributed by atoms with Crippen LogP contribution in [0.2, 0.25) is 0 Å². The highest BCUT2D eigenvalue weighted by Gasteiger charge is 2.59. The number of amides is 2. The minimum Gasteiger partial charge on any atom is -0.378 e. The van der Waals surface area contributed by atoms with Gasteiger partial charge in [0.2, 0.25) is 0 Å². The Morgan fingerprint density at radius 2 is 2.00 bits per heavy atom. The number of ether oxygens (including phenoxy) is 1. The van der Waals surface area contributed by atoms with Crippen molar-refractivity contribution in [2.45, 2.75) is 64.1 Å². The van der Waals surface area contributed by atoms with Crippen molar-refractivity contribution in [1.82, 2.24) is 15.1 Å². The third-order valence-electron chi connectivity index (χ3n) is 6.94. The van der Waals surface area contributed by atoms with E-state index in [1.54, 1.807) is 7.11 Å². The number of carbonyl (C=O) groups is 1. The average Bonchev–Trinajstić information content (AvgIpc) is 3.27. The molecule has 132 valence electrons. The lowest BCUT2D eigenvalue weighted by Gasteiger charge is -2.61. The fourth-order valence-electron chi connectivity index (χ4n) is 4.37. The number of nitrogens with zero attached hydrogens (tertiary/aromatic N) is 2. The van der Waals surface area contributed by atoms with Crippen LogP contribution in [-0.2, 0) is 4.74 Å². The molecule has 3 rings (SSSR count). The summed E-state index contributed by atoms with van der Waals surface area (Å²) in [6, 6.07) is 1.14. The molecule has 2 saturated carbocycles. The van der Waals surface area contributed by atoms with Crippen molar-refractivity contribution in [3.8, 4) is 0 Å². The summed E-state index contributed by atoms with van der Waals surface area (Å²) >= 11 is 0. The summed E-state index contributed by atoms with van der Waals surface area (Å²) in [4.78, 5) is 17.0. The second kappa shape index (κ2) is 5.92. The van der Waals surface area contributed by atoms with Gasteiger partial charge in [0.05, 0.1) is 5.60 Å². The normalized spacial score (nSPS) is 36.6. The molecule has 2 aliphatic carbocycles. The molecule has 5 heteroatoms. The van der Waals surface area contributed by atoms with Gasteiger partial charge in [-0.25, -0.2) is 4.79 Å². The molecule has 1 heterocycles. The van der Waals surface area contributed by atoms with E-state index in [9.17, 15) is 4.79 Å². The van der Waals surface area contributed by atoms with Crippen molar-refractivity contribution in [2.24, 2.45) is 11.3 Å². The van der Waals surface area contributed by atoms with E-state index in [-0.39, 0.29) is 23.1 Å². The molecule has 0 aromatic rings. The van der Waals surface area contributed by atoms with Gasteiger partial charge in [-0.3, -0.25) is 0 Å². The fraction of sp³-hybridized carbons (Fsp3) is 0.944. The zero-order chi connectivity index (χ0) is 16.8. The first-order valence-corrected chi connectivity index (χ1v) is 9.08. The van der Waals surface area contributed by atoms with Gasteiger partial charge >= 0.3 is 6.03 Å². The van der Waals surface area contributed by atoms with Gasteiger partial charge < -0.3 is 19.9 Å². The van der Waals surface area contributed by atoms with Crippen molar-refractivity contribution in [3.05, 3.63) is 0 Å². The van der Waals surface area contributed by atoms with E-state index < -0.39 is 0 Å². The highest BCUT2D eigenvalue weighted by atomic mass is 16.5. The summed E-state index contributed by atoms with van der Waals surface area (Å²) < 4.78 is 5.67. The second-order valence-corrected chi connectivity index (χ2v) is 8.55. The summed E-state index contributed by atoms with van der Waals surface area (Å²) in [7, 11) is 3.69. The lowest BCUT2D eigenvalue weighted by atomic mass is 9.55. The van der Waals surface area contributed by atoms with Crippen molar-refractivity contribution < 1.29 is 9.53 Å². The van der Waals surface area contributed by atoms with Crippen LogP contribution in [0.3, 0.4) is 0 Å². The van der Waals surface area contributed by atoms with Gasteiger partial charge in [-0.05, 0) is 45.1 Å². The number of hydrogen-bond donors (Lipinski definition) is 1. The third kappa shape index (κ3) is 2.98. The van der Waals surface area contributed by atoms with Crippen molar-refractivity contribution in [2.75, 3.05) is 33.8 Å². The molecule has 5 nitrogen and oxygen atoms in total. The zero-order valence-corrected chi connectivity index (χ0v) is 15.4. The van der Waals surface area contributed by atoms with Crippen LogP contribution in [0.5, 0.6) is 0 Å². The first-order valence-electron chi connectivity index (χ1n) is 9.08. The summed E-state index contributed by atoms with van der Waals surface area (Å²) in [6.07, 6.45) is 4.87. The van der Waals surface area contributed by atoms with E-state index >= 15 is 0 Å². The molecule has 0 unspecified atom stereocenters.